The van der Waals surface area contributed by atoms with Gasteiger partial charge in [0.2, 0.25) is 5.82 Å². The Morgan fingerprint density at radius 1 is 0.389 bits per heavy atom. The number of pyridine rings is 3. The summed E-state index contributed by atoms with van der Waals surface area (Å²) in [6, 6.07) is 30.6. The van der Waals surface area contributed by atoms with Crippen LogP contribution in [0.4, 0.5) is 13.2 Å². The van der Waals surface area contributed by atoms with Crippen LogP contribution in [-0.2, 0) is 19.7 Å². The highest BCUT2D eigenvalue weighted by molar-refractivity contribution is 7.91. The Hall–Kier alpha value is -11.8. The number of halogens is 3. The number of Topliss-reactive ketones (excluding diaryl/α,β-unsaturated/α-hetero) is 4. The van der Waals surface area contributed by atoms with E-state index in [0.29, 0.717) is 139 Å². The minimum absolute atomic E-state index is 0.00435. The number of amides is 4. The van der Waals surface area contributed by atoms with E-state index in [1.165, 1.54) is 100.0 Å². The topological polar surface area (TPSA) is 431 Å². The van der Waals surface area contributed by atoms with Crippen LogP contribution in [-0.4, -0.2) is 169 Å². The number of nitrogens with one attached hydrogen (secondary N) is 4. The van der Waals surface area contributed by atoms with E-state index in [4.69, 9.17) is 5.26 Å². The van der Waals surface area contributed by atoms with Gasteiger partial charge in [0, 0.05) is 113 Å². The summed E-state index contributed by atoms with van der Waals surface area (Å²) in [5, 5.41) is 34.1. The van der Waals surface area contributed by atoms with E-state index < -0.39 is 31.8 Å². The second kappa shape index (κ2) is 66.7. The average molecular weight is 2170 g/mol. The molecule has 0 radical (unpaired) electrons. The second-order valence-electron chi connectivity index (χ2n) is 37.6. The highest BCUT2D eigenvalue weighted by Gasteiger charge is 2.40. The maximum Gasteiger partial charge on any atom is 0.397 e. The molecule has 1 aliphatic rings. The lowest BCUT2D eigenvalue weighted by atomic mass is 9.98. The second-order valence-corrected chi connectivity index (χ2v) is 45.8. The van der Waals surface area contributed by atoms with E-state index in [0.717, 1.165) is 43.1 Å². The predicted octanol–water partition coefficient (Wildman–Crippen LogP) is 26.1. The van der Waals surface area contributed by atoms with Gasteiger partial charge in [-0.15, -0.1) is 39.1 Å². The molecule has 149 heavy (non-hydrogen) atoms. The van der Waals surface area contributed by atoms with Gasteiger partial charge in [-0.3, -0.25) is 43.3 Å². The number of thiazole rings is 3. The fraction of sp³-hybridized carbons (Fsp3) is 0.505. The average Bonchev–Trinajstić information content (AvgIpc) is 1.59. The molecule has 814 valence electrons. The largest absolute Gasteiger partial charge is 0.397 e. The number of benzene rings is 2. The molecule has 0 bridgehead atoms. The first-order valence-corrected chi connectivity index (χ1v) is 57.0. The van der Waals surface area contributed by atoms with Crippen LogP contribution in [0.1, 0.15) is 482 Å². The standard InChI is InChI=1S/C14H19NO.C12H16F3N.C12H14N2O.2C11H16O2S.2C10H14N2O.3C8H12N2OS.C7H11N3OS/c1-4-13(16)12-8-7-11(9(2)3)14(15-12)10-5-6-10;1-4-10(12(13,14)15)11-6-5-9(7-16-11)8(2)3;1-4-12(15)10-6-5-9(8(2)3)11(7-13)14-10;2*1-4-14(12,13)11-7-5-10(6-8-11)9(2)3;1-4-9(13)10-11-5-8(6-12-10)7(2)3;1-4-10(13)9-6-5-8(7(2)3)11-12-9;1-5(2)8-10-6(4-12-8)7(11)9-3;1-5(2)8-10-4-6(12-8)7(11)9-3;1-5(2)6-4-12-8(10-6)7(11)9-3;1-4(2)7-9-5(10-12-7)6(11)8-3/h7-10H,4-6H2,1-3H3;5-8,10H,4H2,1-3H3;5-6,8H,4H2,1-3H3;2*5-9H,4H2,1-3H3;2*5-7H,4H2,1-3H3;3*4-5H,1-3H3,(H,9,11);4H,1-3H3,(H,8,11). The molecule has 9 heterocycles. The van der Waals surface area contributed by atoms with E-state index in [1.807, 2.05) is 130 Å². The number of alkyl halides is 3. The SMILES string of the molecule is CCC(=O)c1ccc(C(C)C)c(C#N)n1.CCC(=O)c1ccc(C(C)C)c(C2CC2)n1.CCC(=O)c1ccc(C(C)C)nn1.CCC(=O)c1ncc(C(C)C)cn1.CCC(c1ccc(C(C)C)cn1)C(F)(F)F.CCS(=O)(=O)c1ccc(C(C)C)cc1.CCS(=O)(=O)c1ccc(C(C)C)cc1.CNC(=O)c1cnc(C(C)C)s1.CNC(=O)c1csc(C(C)C)n1.CNC(=O)c1nc(C(C)C)cs1.CNC(=O)c1nsc(C(C)C)n1. The number of sulfone groups is 2. The number of ketones is 4. The van der Waals surface area contributed by atoms with Crippen molar-refractivity contribution in [2.75, 3.05) is 39.7 Å². The maximum absolute atomic E-state index is 12.6. The van der Waals surface area contributed by atoms with Crippen LogP contribution in [0.5, 0.6) is 0 Å². The monoisotopic (exact) mass is 2170 g/mol. The van der Waals surface area contributed by atoms with Crippen molar-refractivity contribution in [3.05, 3.63) is 254 Å². The highest BCUT2D eigenvalue weighted by atomic mass is 32.2. The summed E-state index contributed by atoms with van der Waals surface area (Å²) < 4.78 is 87.7. The van der Waals surface area contributed by atoms with Gasteiger partial charge >= 0.3 is 6.18 Å². The van der Waals surface area contributed by atoms with Crippen LogP contribution in [0.2, 0.25) is 0 Å². The zero-order chi connectivity index (χ0) is 113. The van der Waals surface area contributed by atoms with Crippen LogP contribution < -0.4 is 21.3 Å². The van der Waals surface area contributed by atoms with Crippen LogP contribution in [0.3, 0.4) is 0 Å². The lowest BCUT2D eigenvalue weighted by Gasteiger charge is -2.18. The Bertz CT molecular complexity index is 5870. The molecule has 0 aliphatic heterocycles. The first kappa shape index (κ1) is 133. The lowest BCUT2D eigenvalue weighted by Crippen LogP contribution is -2.21. The Morgan fingerprint density at radius 3 is 1.18 bits per heavy atom. The van der Waals surface area contributed by atoms with Gasteiger partial charge < -0.3 is 21.3 Å². The number of hydrogen-bond acceptors (Lipinski definition) is 29. The van der Waals surface area contributed by atoms with E-state index in [9.17, 15) is 68.4 Å². The van der Waals surface area contributed by atoms with Gasteiger partial charge in [-0.1, -0.05) is 243 Å². The zero-order valence-electron chi connectivity index (χ0n) is 92.9. The molecule has 4 N–H and O–H groups in total. The molecule has 12 rings (SSSR count). The summed E-state index contributed by atoms with van der Waals surface area (Å²) >= 11 is 5.65. The molecule has 2 aromatic carbocycles. The fourth-order valence-electron chi connectivity index (χ4n) is 12.3. The number of carbonyl (C=O) groups excluding carboxylic acids is 8. The molecule has 1 fully saturated rings. The van der Waals surface area contributed by atoms with Crippen molar-refractivity contribution < 1.29 is 68.4 Å². The summed E-state index contributed by atoms with van der Waals surface area (Å²) in [4.78, 5) is 128. The summed E-state index contributed by atoms with van der Waals surface area (Å²) in [7, 11) is 0.326. The molecule has 4 amide bonds. The van der Waals surface area contributed by atoms with Gasteiger partial charge in [0.1, 0.15) is 44.4 Å². The molecule has 38 heteroatoms. The molecule has 29 nitrogen and oxygen atoms in total. The smallest absolute Gasteiger partial charge is 0.354 e. The minimum atomic E-state index is -4.21. The fourth-order valence-corrected chi connectivity index (χ4v) is 17.3. The molecule has 0 saturated heterocycles. The van der Waals surface area contributed by atoms with Crippen LogP contribution in [0, 0.1) is 11.3 Å². The van der Waals surface area contributed by atoms with Crippen LogP contribution in [0.15, 0.2) is 142 Å². The van der Waals surface area contributed by atoms with E-state index in [-0.39, 0.29) is 88.0 Å². The molecule has 1 unspecified atom stereocenters. The number of carbonyl (C=O) groups is 8. The van der Waals surface area contributed by atoms with Crippen molar-refractivity contribution in [2.45, 2.75) is 339 Å². The van der Waals surface area contributed by atoms with Crippen LogP contribution in [0.25, 0.3) is 0 Å². The third-order valence-corrected chi connectivity index (χ3v) is 30.1. The van der Waals surface area contributed by atoms with Gasteiger partial charge in [0.15, 0.2) is 53.6 Å². The van der Waals surface area contributed by atoms with Gasteiger partial charge in [-0.2, -0.15) is 27.9 Å². The first-order valence-electron chi connectivity index (χ1n) is 50.4. The Morgan fingerprint density at radius 2 is 0.826 bits per heavy atom. The third-order valence-electron chi connectivity index (χ3n) is 22.3. The zero-order valence-corrected chi connectivity index (χ0v) is 97.8. The summed E-state index contributed by atoms with van der Waals surface area (Å²) in [5.41, 5.74) is 12.1. The molecule has 0 spiro atoms. The maximum atomic E-state index is 12.6. The minimum Gasteiger partial charge on any atom is -0.354 e. The lowest BCUT2D eigenvalue weighted by molar-refractivity contribution is -0.151. The van der Waals surface area contributed by atoms with Gasteiger partial charge in [-0.05, 0) is 166 Å². The van der Waals surface area contributed by atoms with Crippen molar-refractivity contribution in [3.63, 3.8) is 0 Å². The van der Waals surface area contributed by atoms with Crippen molar-refractivity contribution in [1.82, 2.24) is 80.7 Å². The highest BCUT2D eigenvalue weighted by Crippen LogP contribution is 2.43. The molecular formula is C111H156F3N17O12S6. The molecule has 1 saturated carbocycles. The van der Waals surface area contributed by atoms with Crippen molar-refractivity contribution in [3.8, 4) is 6.07 Å². The number of aromatic nitrogens is 12. The van der Waals surface area contributed by atoms with Crippen molar-refractivity contribution in [2.24, 2.45) is 0 Å². The summed E-state index contributed by atoms with van der Waals surface area (Å²) in [6.45, 7) is 57.5. The third kappa shape index (κ3) is 45.9. The molecule has 11 aromatic rings. The van der Waals surface area contributed by atoms with Gasteiger partial charge in [-0.25, -0.2) is 56.7 Å². The van der Waals surface area contributed by atoms with E-state index >= 15 is 0 Å². The van der Waals surface area contributed by atoms with Gasteiger partial charge in [0.05, 0.1) is 60.5 Å². The normalized spacial score (nSPS) is 11.6. The molecule has 1 aliphatic carbocycles. The van der Waals surface area contributed by atoms with Crippen LogP contribution >= 0.6 is 45.5 Å². The molecular weight excluding hydrogens is 2010 g/mol. The Balaban J connectivity index is 0.000000555. The van der Waals surface area contributed by atoms with E-state index in [2.05, 4.69) is 184 Å². The number of nitriles is 1. The number of nitrogens with zero attached hydrogens (tertiary/aromatic N) is 13. The Kier molecular flexibility index (Phi) is 59.7. The molecule has 1 atom stereocenters. The van der Waals surface area contributed by atoms with Gasteiger partial charge in [0.25, 0.3) is 23.6 Å². The van der Waals surface area contributed by atoms with Crippen molar-refractivity contribution >= 4 is 112 Å². The Labute approximate surface area is 898 Å². The first-order chi connectivity index (χ1) is 69.9. The number of hydrogen-bond donors (Lipinski definition) is 4. The summed E-state index contributed by atoms with van der Waals surface area (Å²) in [5.74, 6) is 3.93. The summed E-state index contributed by atoms with van der Waals surface area (Å²) in [6.07, 6.45) is 6.79. The molecule has 9 aromatic heterocycles. The van der Waals surface area contributed by atoms with Crippen molar-refractivity contribution in [1.29, 1.82) is 5.26 Å². The number of rotatable bonds is 30. The quantitative estimate of drug-likeness (QED) is 0.0304. The van der Waals surface area contributed by atoms with E-state index in [1.54, 1.807) is 115 Å². The predicted molar refractivity (Wildman–Crippen MR) is 594 cm³/mol.